The fourth-order valence-corrected chi connectivity index (χ4v) is 1.29. The molecule has 1 aromatic carbocycles. The van der Waals surface area contributed by atoms with Gasteiger partial charge in [0.15, 0.2) is 6.10 Å². The Morgan fingerprint density at radius 2 is 1.82 bits per heavy atom. The number of aliphatic hydroxyl groups is 2. The number of anilines is 1. The topological polar surface area (TPSA) is 147 Å². The summed E-state index contributed by atoms with van der Waals surface area (Å²) in [6, 6.07) is 3.58. The molecular formula is C10H12N2O5. The van der Waals surface area contributed by atoms with E-state index < -0.39 is 24.1 Å². The molecule has 0 aliphatic heterocycles. The van der Waals surface area contributed by atoms with Crippen LogP contribution in [0.5, 0.6) is 0 Å². The summed E-state index contributed by atoms with van der Waals surface area (Å²) in [5, 5.41) is 27.7. The van der Waals surface area contributed by atoms with Gasteiger partial charge in [0, 0.05) is 11.3 Å². The molecule has 2 atom stereocenters. The van der Waals surface area contributed by atoms with Crippen molar-refractivity contribution in [2.75, 3.05) is 5.73 Å². The van der Waals surface area contributed by atoms with E-state index in [0.29, 0.717) is 0 Å². The number of carboxylic acid groups (broad SMARTS) is 1. The first-order valence-electron chi connectivity index (χ1n) is 4.62. The van der Waals surface area contributed by atoms with Crippen molar-refractivity contribution < 1.29 is 24.9 Å². The molecule has 92 valence electrons. The van der Waals surface area contributed by atoms with Crippen LogP contribution in [0.1, 0.15) is 22.0 Å². The van der Waals surface area contributed by atoms with Crippen molar-refractivity contribution in [1.82, 2.24) is 0 Å². The number of primary amides is 1. The van der Waals surface area contributed by atoms with Gasteiger partial charge in [0.25, 0.3) is 0 Å². The Hall–Kier alpha value is -2.12. The summed E-state index contributed by atoms with van der Waals surface area (Å²) in [5.74, 6) is -2.34. The van der Waals surface area contributed by atoms with Crippen LogP contribution in [0, 0.1) is 0 Å². The van der Waals surface area contributed by atoms with E-state index >= 15 is 0 Å². The molecule has 1 amide bonds. The normalized spacial score (nSPS) is 14.0. The van der Waals surface area contributed by atoms with Crippen LogP contribution in [0.2, 0.25) is 0 Å². The first-order chi connectivity index (χ1) is 7.84. The van der Waals surface area contributed by atoms with Gasteiger partial charge in [0.1, 0.15) is 6.10 Å². The highest BCUT2D eigenvalue weighted by Crippen LogP contribution is 2.24. The minimum Gasteiger partial charge on any atom is -0.478 e. The van der Waals surface area contributed by atoms with E-state index in [1.54, 1.807) is 0 Å². The molecule has 0 saturated heterocycles. The molecule has 0 aliphatic carbocycles. The summed E-state index contributed by atoms with van der Waals surface area (Å²) < 4.78 is 0. The average molecular weight is 240 g/mol. The molecule has 0 heterocycles. The molecule has 0 saturated carbocycles. The van der Waals surface area contributed by atoms with Crippen LogP contribution in [0.15, 0.2) is 18.2 Å². The third-order valence-corrected chi connectivity index (χ3v) is 2.24. The largest absolute Gasteiger partial charge is 0.478 e. The highest BCUT2D eigenvalue weighted by atomic mass is 16.4. The highest BCUT2D eigenvalue weighted by molar-refractivity contribution is 5.88. The first kappa shape index (κ1) is 12.9. The maximum Gasteiger partial charge on any atom is 0.335 e. The zero-order valence-corrected chi connectivity index (χ0v) is 8.70. The summed E-state index contributed by atoms with van der Waals surface area (Å²) in [6.45, 7) is 0. The van der Waals surface area contributed by atoms with Gasteiger partial charge in [-0.1, -0.05) is 0 Å². The van der Waals surface area contributed by atoms with Gasteiger partial charge < -0.3 is 26.8 Å². The number of carbonyl (C=O) groups is 2. The fourth-order valence-electron chi connectivity index (χ4n) is 1.29. The lowest BCUT2D eigenvalue weighted by Gasteiger charge is -2.17. The van der Waals surface area contributed by atoms with E-state index in [1.165, 1.54) is 12.1 Å². The van der Waals surface area contributed by atoms with Gasteiger partial charge >= 0.3 is 5.97 Å². The molecule has 7 heteroatoms. The van der Waals surface area contributed by atoms with Gasteiger partial charge in [-0.05, 0) is 18.2 Å². The number of hydrogen-bond donors (Lipinski definition) is 5. The Balaban J connectivity index is 3.16. The molecule has 0 aliphatic rings. The standard InChI is InChI=1S/C10H12N2O5/c11-6-2-1-4(10(16)17)3-5(6)7(13)8(14)9(12)15/h1-3,7-8,13-14H,11H2,(H2,12,15)(H,16,17). The van der Waals surface area contributed by atoms with Crippen molar-refractivity contribution in [1.29, 1.82) is 0 Å². The molecule has 0 spiro atoms. The third-order valence-electron chi connectivity index (χ3n) is 2.24. The second-order valence-corrected chi connectivity index (χ2v) is 3.44. The number of nitrogen functional groups attached to an aromatic ring is 1. The molecule has 0 aromatic heterocycles. The molecule has 1 rings (SSSR count). The molecule has 7 N–H and O–H groups in total. The number of amides is 1. The molecule has 0 fully saturated rings. The Bertz CT molecular complexity index is 460. The highest BCUT2D eigenvalue weighted by Gasteiger charge is 2.25. The Labute approximate surface area is 96.3 Å². The zero-order valence-electron chi connectivity index (χ0n) is 8.70. The lowest BCUT2D eigenvalue weighted by Crippen LogP contribution is -2.34. The second kappa shape index (κ2) is 4.81. The average Bonchev–Trinajstić information content (AvgIpc) is 2.27. The van der Waals surface area contributed by atoms with Crippen molar-refractivity contribution >= 4 is 17.6 Å². The minimum atomic E-state index is -1.85. The third kappa shape index (κ3) is 2.71. The number of aliphatic hydroxyl groups excluding tert-OH is 2. The number of carbonyl (C=O) groups excluding carboxylic acids is 1. The van der Waals surface area contributed by atoms with E-state index in [1.807, 2.05) is 0 Å². The van der Waals surface area contributed by atoms with Gasteiger partial charge in [-0.15, -0.1) is 0 Å². The van der Waals surface area contributed by atoms with Crippen LogP contribution in [0.3, 0.4) is 0 Å². The second-order valence-electron chi connectivity index (χ2n) is 3.44. The quantitative estimate of drug-likeness (QED) is 0.420. The summed E-state index contributed by atoms with van der Waals surface area (Å²) in [4.78, 5) is 21.4. The zero-order chi connectivity index (χ0) is 13.2. The van der Waals surface area contributed by atoms with Crippen LogP contribution < -0.4 is 11.5 Å². The number of aromatic carboxylic acids is 1. The van der Waals surface area contributed by atoms with Gasteiger partial charge in [-0.25, -0.2) is 4.79 Å². The summed E-state index contributed by atoms with van der Waals surface area (Å²) in [6.07, 6.45) is -3.51. The van der Waals surface area contributed by atoms with Crippen LogP contribution in [0.25, 0.3) is 0 Å². The molecular weight excluding hydrogens is 228 g/mol. The first-order valence-corrected chi connectivity index (χ1v) is 4.62. The molecule has 17 heavy (non-hydrogen) atoms. The fraction of sp³-hybridized carbons (Fsp3) is 0.200. The molecule has 1 aromatic rings. The maximum atomic E-state index is 10.7. The lowest BCUT2D eigenvalue weighted by molar-refractivity contribution is -0.131. The summed E-state index contributed by atoms with van der Waals surface area (Å²) in [5.41, 5.74) is 10.2. The Morgan fingerprint density at radius 1 is 1.24 bits per heavy atom. The molecule has 2 unspecified atom stereocenters. The van der Waals surface area contributed by atoms with Crippen LogP contribution in [-0.4, -0.2) is 33.3 Å². The van der Waals surface area contributed by atoms with Crippen LogP contribution in [0.4, 0.5) is 5.69 Å². The lowest BCUT2D eigenvalue weighted by atomic mass is 9.99. The van der Waals surface area contributed by atoms with Crippen molar-refractivity contribution in [2.24, 2.45) is 5.73 Å². The van der Waals surface area contributed by atoms with Crippen molar-refractivity contribution in [3.8, 4) is 0 Å². The summed E-state index contributed by atoms with van der Waals surface area (Å²) >= 11 is 0. The molecule has 0 radical (unpaired) electrons. The van der Waals surface area contributed by atoms with Crippen molar-refractivity contribution in [3.63, 3.8) is 0 Å². The monoisotopic (exact) mass is 240 g/mol. The van der Waals surface area contributed by atoms with Crippen LogP contribution >= 0.6 is 0 Å². The van der Waals surface area contributed by atoms with Gasteiger partial charge in [0.05, 0.1) is 5.56 Å². The van der Waals surface area contributed by atoms with Gasteiger partial charge in [-0.2, -0.15) is 0 Å². The van der Waals surface area contributed by atoms with E-state index in [9.17, 15) is 19.8 Å². The van der Waals surface area contributed by atoms with E-state index in [-0.39, 0.29) is 16.8 Å². The number of benzene rings is 1. The number of carboxylic acids is 1. The van der Waals surface area contributed by atoms with Gasteiger partial charge in [0.2, 0.25) is 5.91 Å². The van der Waals surface area contributed by atoms with Crippen molar-refractivity contribution in [3.05, 3.63) is 29.3 Å². The smallest absolute Gasteiger partial charge is 0.335 e. The van der Waals surface area contributed by atoms with E-state index in [2.05, 4.69) is 0 Å². The number of hydrogen-bond acceptors (Lipinski definition) is 5. The number of rotatable bonds is 4. The number of nitrogens with two attached hydrogens (primary N) is 2. The minimum absolute atomic E-state index is 0.0581. The predicted octanol–water partition coefficient (Wildman–Crippen LogP) is -1.15. The SMILES string of the molecule is NC(=O)C(O)C(O)c1cc(C(=O)O)ccc1N. The Morgan fingerprint density at radius 3 is 2.29 bits per heavy atom. The Kier molecular flexibility index (Phi) is 3.66. The van der Waals surface area contributed by atoms with Crippen molar-refractivity contribution in [2.45, 2.75) is 12.2 Å². The molecule has 7 nitrogen and oxygen atoms in total. The van der Waals surface area contributed by atoms with E-state index in [0.717, 1.165) is 6.07 Å². The van der Waals surface area contributed by atoms with Crippen LogP contribution in [-0.2, 0) is 4.79 Å². The van der Waals surface area contributed by atoms with Gasteiger partial charge in [-0.3, -0.25) is 4.79 Å². The van der Waals surface area contributed by atoms with E-state index in [4.69, 9.17) is 16.6 Å². The predicted molar refractivity (Wildman–Crippen MR) is 58.0 cm³/mol. The summed E-state index contributed by atoms with van der Waals surface area (Å²) in [7, 11) is 0. The molecule has 0 bridgehead atoms. The maximum absolute atomic E-state index is 10.7.